The number of amides is 1. The van der Waals surface area contributed by atoms with Gasteiger partial charge in [-0.15, -0.1) is 0 Å². The Labute approximate surface area is 177 Å². The molecule has 0 atom stereocenters. The lowest BCUT2D eigenvalue weighted by atomic mass is 10.1. The number of rotatable bonds is 8. The summed E-state index contributed by atoms with van der Waals surface area (Å²) < 4.78 is 8.53. The molecular weight excluding hydrogens is 442 g/mol. The maximum atomic E-state index is 12.2. The van der Waals surface area contributed by atoms with Crippen LogP contribution in [0.5, 0.6) is 5.75 Å². The second kappa shape index (κ2) is 9.75. The molecule has 28 heavy (non-hydrogen) atoms. The predicted octanol–water partition coefficient (Wildman–Crippen LogP) is 5.01. The summed E-state index contributed by atoms with van der Waals surface area (Å²) >= 11 is 9.52. The molecule has 0 aliphatic rings. The lowest BCUT2D eigenvalue weighted by Gasteiger charge is -2.09. The van der Waals surface area contributed by atoms with E-state index in [0.717, 1.165) is 28.7 Å². The first-order valence-corrected chi connectivity index (χ1v) is 10.1. The number of nitrogens with one attached hydrogen (secondary N) is 1. The van der Waals surface area contributed by atoms with Crippen LogP contribution >= 0.6 is 27.5 Å². The molecule has 0 radical (unpaired) electrons. The molecule has 7 heteroatoms. The van der Waals surface area contributed by atoms with Gasteiger partial charge in [-0.1, -0.05) is 39.7 Å². The second-order valence-electron chi connectivity index (χ2n) is 6.39. The van der Waals surface area contributed by atoms with Crippen molar-refractivity contribution < 1.29 is 9.53 Å². The molecule has 146 valence electrons. The number of nitrogens with zero attached hydrogens (tertiary/aromatic N) is 2. The molecule has 0 bridgehead atoms. The summed E-state index contributed by atoms with van der Waals surface area (Å²) in [6.07, 6.45) is 2.77. The van der Waals surface area contributed by atoms with E-state index in [0.29, 0.717) is 29.5 Å². The van der Waals surface area contributed by atoms with Crippen LogP contribution in [-0.2, 0) is 13.2 Å². The van der Waals surface area contributed by atoms with E-state index in [1.54, 1.807) is 18.2 Å². The number of hydrogen-bond acceptors (Lipinski definition) is 3. The molecule has 1 heterocycles. The van der Waals surface area contributed by atoms with Gasteiger partial charge in [0.15, 0.2) is 0 Å². The fraction of sp³-hybridized carbons (Fsp3) is 0.238. The summed E-state index contributed by atoms with van der Waals surface area (Å²) in [5.74, 6) is 0.541. The summed E-state index contributed by atoms with van der Waals surface area (Å²) in [7, 11) is 0. The van der Waals surface area contributed by atoms with E-state index < -0.39 is 0 Å². The first-order chi connectivity index (χ1) is 13.5. The van der Waals surface area contributed by atoms with Gasteiger partial charge in [-0.25, -0.2) is 0 Å². The van der Waals surface area contributed by atoms with Gasteiger partial charge in [0.05, 0.1) is 10.7 Å². The van der Waals surface area contributed by atoms with Gasteiger partial charge >= 0.3 is 0 Å². The van der Waals surface area contributed by atoms with Crippen LogP contribution in [0.4, 0.5) is 0 Å². The van der Waals surface area contributed by atoms with Crippen molar-refractivity contribution >= 4 is 33.4 Å². The highest BCUT2D eigenvalue weighted by Gasteiger charge is 2.06. The Bertz CT molecular complexity index is 941. The van der Waals surface area contributed by atoms with Crippen LogP contribution in [0.3, 0.4) is 0 Å². The largest absolute Gasteiger partial charge is 0.487 e. The first-order valence-electron chi connectivity index (χ1n) is 8.96. The predicted molar refractivity (Wildman–Crippen MR) is 114 cm³/mol. The molecule has 0 fully saturated rings. The van der Waals surface area contributed by atoms with Gasteiger partial charge in [0, 0.05) is 29.3 Å². The molecule has 0 aliphatic carbocycles. The van der Waals surface area contributed by atoms with E-state index in [2.05, 4.69) is 26.3 Å². The molecule has 5 nitrogen and oxygen atoms in total. The first kappa shape index (κ1) is 20.4. The molecule has 0 saturated carbocycles. The molecule has 0 aliphatic heterocycles. The lowest BCUT2D eigenvalue weighted by molar-refractivity contribution is 0.0952. The van der Waals surface area contributed by atoms with Crippen molar-refractivity contribution in [3.63, 3.8) is 0 Å². The average Bonchev–Trinajstić information content (AvgIpc) is 3.10. The molecule has 1 aromatic heterocycles. The number of hydrogen-bond donors (Lipinski definition) is 1. The van der Waals surface area contributed by atoms with Crippen LogP contribution in [0.1, 0.15) is 28.0 Å². The fourth-order valence-electron chi connectivity index (χ4n) is 2.64. The molecule has 0 saturated heterocycles. The minimum Gasteiger partial charge on any atom is -0.487 e. The molecule has 1 N–H and O–H groups in total. The maximum absolute atomic E-state index is 12.2. The van der Waals surface area contributed by atoms with Crippen molar-refractivity contribution in [1.82, 2.24) is 15.1 Å². The highest BCUT2D eigenvalue weighted by molar-refractivity contribution is 9.10. The SMILES string of the molecule is Cc1ccn(CCCNC(=O)c2ccc(COc3ccc(Br)cc3Cl)cc2)n1. The molecule has 2 aromatic carbocycles. The molecule has 0 spiro atoms. The number of benzene rings is 2. The zero-order valence-electron chi connectivity index (χ0n) is 15.5. The van der Waals surface area contributed by atoms with Crippen molar-refractivity contribution in [2.75, 3.05) is 6.54 Å². The molecule has 3 rings (SSSR count). The normalized spacial score (nSPS) is 10.7. The molecule has 0 unspecified atom stereocenters. The molecule has 1 amide bonds. The van der Waals surface area contributed by atoms with Crippen LogP contribution in [0.25, 0.3) is 0 Å². The smallest absolute Gasteiger partial charge is 0.251 e. The van der Waals surface area contributed by atoms with Crippen molar-refractivity contribution in [1.29, 1.82) is 0 Å². The Morgan fingerprint density at radius 2 is 2.00 bits per heavy atom. The quantitative estimate of drug-likeness (QED) is 0.479. The number of carbonyl (C=O) groups is 1. The highest BCUT2D eigenvalue weighted by atomic mass is 79.9. The Morgan fingerprint density at radius 1 is 1.21 bits per heavy atom. The van der Waals surface area contributed by atoms with Gasteiger partial charge in [0.1, 0.15) is 12.4 Å². The summed E-state index contributed by atoms with van der Waals surface area (Å²) in [5, 5.41) is 7.81. The van der Waals surface area contributed by atoms with Crippen molar-refractivity contribution in [3.8, 4) is 5.75 Å². The monoisotopic (exact) mass is 461 g/mol. The third-order valence-electron chi connectivity index (χ3n) is 4.13. The number of carbonyl (C=O) groups excluding carboxylic acids is 1. The van der Waals surface area contributed by atoms with E-state index in [4.69, 9.17) is 16.3 Å². The Kier molecular flexibility index (Phi) is 7.12. The van der Waals surface area contributed by atoms with Crippen molar-refractivity contribution in [2.24, 2.45) is 0 Å². The zero-order chi connectivity index (χ0) is 19.9. The fourth-order valence-corrected chi connectivity index (χ4v) is 3.37. The van der Waals surface area contributed by atoms with Crippen molar-refractivity contribution in [3.05, 3.63) is 81.0 Å². The van der Waals surface area contributed by atoms with Gasteiger partial charge in [0.2, 0.25) is 0 Å². The van der Waals surface area contributed by atoms with Crippen LogP contribution in [0.15, 0.2) is 59.2 Å². The number of halogens is 2. The maximum Gasteiger partial charge on any atom is 0.251 e. The van der Waals surface area contributed by atoms with E-state index in [9.17, 15) is 4.79 Å². The Morgan fingerprint density at radius 3 is 2.68 bits per heavy atom. The summed E-state index contributed by atoms with van der Waals surface area (Å²) in [6, 6.07) is 14.8. The van der Waals surface area contributed by atoms with Gasteiger partial charge in [0.25, 0.3) is 5.91 Å². The van der Waals surface area contributed by atoms with Gasteiger partial charge in [-0.2, -0.15) is 5.10 Å². The standard InChI is InChI=1S/C21H21BrClN3O2/c1-15-9-12-26(25-15)11-2-10-24-21(27)17-5-3-16(4-6-17)14-28-20-8-7-18(22)13-19(20)23/h3-9,12-13H,2,10-11,14H2,1H3,(H,24,27). The third-order valence-corrected chi connectivity index (χ3v) is 4.92. The third kappa shape index (κ3) is 5.84. The Balaban J connectivity index is 1.44. The summed E-state index contributed by atoms with van der Waals surface area (Å²) in [5.41, 5.74) is 2.58. The molecular formula is C21H21BrClN3O2. The van der Waals surface area contributed by atoms with E-state index in [-0.39, 0.29) is 5.91 Å². The zero-order valence-corrected chi connectivity index (χ0v) is 17.8. The van der Waals surface area contributed by atoms with Crippen molar-refractivity contribution in [2.45, 2.75) is 26.5 Å². The van der Waals surface area contributed by atoms with Gasteiger partial charge < -0.3 is 10.1 Å². The van der Waals surface area contributed by atoms with Gasteiger partial charge in [-0.3, -0.25) is 9.48 Å². The minimum absolute atomic E-state index is 0.0833. The topological polar surface area (TPSA) is 56.2 Å². The van der Waals surface area contributed by atoms with Crippen LogP contribution in [-0.4, -0.2) is 22.2 Å². The second-order valence-corrected chi connectivity index (χ2v) is 7.71. The van der Waals surface area contributed by atoms with E-state index >= 15 is 0 Å². The van der Waals surface area contributed by atoms with Crippen LogP contribution < -0.4 is 10.1 Å². The number of aromatic nitrogens is 2. The lowest BCUT2D eigenvalue weighted by Crippen LogP contribution is -2.25. The minimum atomic E-state index is -0.0833. The van der Waals surface area contributed by atoms with E-state index in [1.807, 2.05) is 48.1 Å². The molecule has 3 aromatic rings. The average molecular weight is 463 g/mol. The highest BCUT2D eigenvalue weighted by Crippen LogP contribution is 2.28. The van der Waals surface area contributed by atoms with Crippen LogP contribution in [0.2, 0.25) is 5.02 Å². The van der Waals surface area contributed by atoms with Crippen LogP contribution in [0, 0.1) is 6.92 Å². The number of aryl methyl sites for hydroxylation is 2. The summed E-state index contributed by atoms with van der Waals surface area (Å²) in [6.45, 7) is 3.72. The van der Waals surface area contributed by atoms with Gasteiger partial charge in [-0.05, 0) is 55.3 Å². The summed E-state index contributed by atoms with van der Waals surface area (Å²) in [4.78, 5) is 12.2. The Hall–Kier alpha value is -2.31. The number of ether oxygens (including phenoxy) is 1. The van der Waals surface area contributed by atoms with E-state index in [1.165, 1.54) is 0 Å².